The van der Waals surface area contributed by atoms with Crippen LogP contribution in [-0.2, 0) is 0 Å². The molecule has 1 fully saturated rings. The number of piperidine rings is 1. The Bertz CT molecular complexity index is 378. The number of nitrogens with one attached hydrogen (secondary N) is 1. The standard InChI is InChI=1S/C14H22N2O/c1-10-3-4-14(17-2)13(7-10)12-5-6-16-9-11(12)8-15/h3-4,7,11-12,16H,5-6,8-9,15H2,1-2H3. The fourth-order valence-electron chi connectivity index (χ4n) is 2.72. The molecule has 0 amide bonds. The Morgan fingerprint density at radius 3 is 3.00 bits per heavy atom. The summed E-state index contributed by atoms with van der Waals surface area (Å²) in [5.41, 5.74) is 8.49. The minimum atomic E-state index is 0.513. The molecule has 0 aliphatic carbocycles. The minimum absolute atomic E-state index is 0.513. The zero-order chi connectivity index (χ0) is 12.3. The van der Waals surface area contributed by atoms with Gasteiger partial charge in [0, 0.05) is 0 Å². The van der Waals surface area contributed by atoms with Gasteiger partial charge in [-0.15, -0.1) is 0 Å². The van der Waals surface area contributed by atoms with Gasteiger partial charge in [0.25, 0.3) is 0 Å². The van der Waals surface area contributed by atoms with E-state index in [0.29, 0.717) is 11.8 Å². The van der Waals surface area contributed by atoms with Crippen LogP contribution >= 0.6 is 0 Å². The van der Waals surface area contributed by atoms with Gasteiger partial charge in [0.15, 0.2) is 0 Å². The normalized spacial score (nSPS) is 24.6. The molecule has 1 saturated heterocycles. The third kappa shape index (κ3) is 2.61. The number of ether oxygens (including phenoxy) is 1. The van der Waals surface area contributed by atoms with Gasteiger partial charge in [-0.05, 0) is 56.4 Å². The molecule has 3 N–H and O–H groups in total. The van der Waals surface area contributed by atoms with Crippen molar-refractivity contribution >= 4 is 0 Å². The van der Waals surface area contributed by atoms with Gasteiger partial charge in [0.1, 0.15) is 5.75 Å². The molecular formula is C14H22N2O. The summed E-state index contributed by atoms with van der Waals surface area (Å²) in [4.78, 5) is 0. The van der Waals surface area contributed by atoms with E-state index >= 15 is 0 Å². The quantitative estimate of drug-likeness (QED) is 0.836. The molecule has 1 aromatic rings. The molecule has 0 aromatic heterocycles. The van der Waals surface area contributed by atoms with E-state index in [0.717, 1.165) is 31.8 Å². The van der Waals surface area contributed by atoms with Crippen molar-refractivity contribution in [2.75, 3.05) is 26.7 Å². The summed E-state index contributed by atoms with van der Waals surface area (Å²) in [6.45, 7) is 4.94. The summed E-state index contributed by atoms with van der Waals surface area (Å²) in [5, 5.41) is 3.42. The highest BCUT2D eigenvalue weighted by Gasteiger charge is 2.27. The fourth-order valence-corrected chi connectivity index (χ4v) is 2.72. The first kappa shape index (κ1) is 12.4. The molecule has 2 rings (SSSR count). The molecule has 3 heteroatoms. The largest absolute Gasteiger partial charge is 0.496 e. The smallest absolute Gasteiger partial charge is 0.122 e. The number of aryl methyl sites for hydroxylation is 1. The Labute approximate surface area is 103 Å². The van der Waals surface area contributed by atoms with Gasteiger partial charge in [-0.3, -0.25) is 0 Å². The third-order valence-corrected chi connectivity index (χ3v) is 3.70. The number of rotatable bonds is 3. The maximum Gasteiger partial charge on any atom is 0.122 e. The van der Waals surface area contributed by atoms with Crippen molar-refractivity contribution in [3.8, 4) is 5.75 Å². The predicted molar refractivity (Wildman–Crippen MR) is 70.5 cm³/mol. The lowest BCUT2D eigenvalue weighted by atomic mass is 9.80. The van der Waals surface area contributed by atoms with E-state index in [9.17, 15) is 0 Å². The van der Waals surface area contributed by atoms with Crippen LogP contribution in [0.5, 0.6) is 5.75 Å². The maximum atomic E-state index is 5.88. The zero-order valence-corrected chi connectivity index (χ0v) is 10.7. The molecule has 3 nitrogen and oxygen atoms in total. The summed E-state index contributed by atoms with van der Waals surface area (Å²) in [5.74, 6) is 2.04. The molecule has 1 heterocycles. The van der Waals surface area contributed by atoms with Crippen molar-refractivity contribution in [3.63, 3.8) is 0 Å². The number of nitrogens with two attached hydrogens (primary N) is 1. The lowest BCUT2D eigenvalue weighted by molar-refractivity contribution is 0.320. The number of benzene rings is 1. The van der Waals surface area contributed by atoms with Crippen molar-refractivity contribution in [1.29, 1.82) is 0 Å². The minimum Gasteiger partial charge on any atom is -0.496 e. The van der Waals surface area contributed by atoms with Gasteiger partial charge in [-0.1, -0.05) is 17.7 Å². The van der Waals surface area contributed by atoms with Gasteiger partial charge < -0.3 is 15.8 Å². The first-order valence-electron chi connectivity index (χ1n) is 6.31. The highest BCUT2D eigenvalue weighted by atomic mass is 16.5. The molecule has 2 unspecified atom stereocenters. The van der Waals surface area contributed by atoms with E-state index < -0.39 is 0 Å². The SMILES string of the molecule is COc1ccc(C)cc1C1CCNCC1CN. The molecule has 0 spiro atoms. The predicted octanol–water partition coefficient (Wildman–Crippen LogP) is 1.66. The second-order valence-corrected chi connectivity index (χ2v) is 4.84. The summed E-state index contributed by atoms with van der Waals surface area (Å²) in [7, 11) is 1.74. The van der Waals surface area contributed by atoms with E-state index in [4.69, 9.17) is 10.5 Å². The van der Waals surface area contributed by atoms with E-state index in [-0.39, 0.29) is 0 Å². The second kappa shape index (κ2) is 5.52. The van der Waals surface area contributed by atoms with E-state index in [1.165, 1.54) is 11.1 Å². The lowest BCUT2D eigenvalue weighted by Crippen LogP contribution is -2.39. The molecule has 2 atom stereocenters. The molecule has 0 bridgehead atoms. The van der Waals surface area contributed by atoms with E-state index in [1.54, 1.807) is 7.11 Å². The van der Waals surface area contributed by atoms with Crippen LogP contribution in [0.15, 0.2) is 18.2 Å². The first-order chi connectivity index (χ1) is 8.26. The van der Waals surface area contributed by atoms with Crippen LogP contribution in [-0.4, -0.2) is 26.7 Å². The van der Waals surface area contributed by atoms with Crippen molar-refractivity contribution < 1.29 is 4.74 Å². The number of hydrogen-bond donors (Lipinski definition) is 2. The second-order valence-electron chi connectivity index (χ2n) is 4.84. The molecule has 0 radical (unpaired) electrons. The van der Waals surface area contributed by atoms with Crippen LogP contribution in [0, 0.1) is 12.8 Å². The van der Waals surface area contributed by atoms with Crippen LogP contribution in [0.3, 0.4) is 0 Å². The maximum absolute atomic E-state index is 5.88. The average Bonchev–Trinajstić information content (AvgIpc) is 2.38. The summed E-state index contributed by atoms with van der Waals surface area (Å²) in [6, 6.07) is 6.42. The Morgan fingerprint density at radius 2 is 2.29 bits per heavy atom. The van der Waals surface area contributed by atoms with Gasteiger partial charge in [-0.2, -0.15) is 0 Å². The molecule has 1 aliphatic rings. The van der Waals surface area contributed by atoms with Crippen molar-refractivity contribution in [2.45, 2.75) is 19.3 Å². The van der Waals surface area contributed by atoms with Crippen molar-refractivity contribution in [1.82, 2.24) is 5.32 Å². The molecule has 0 saturated carbocycles. The molecule has 17 heavy (non-hydrogen) atoms. The van der Waals surface area contributed by atoms with Crippen molar-refractivity contribution in [2.24, 2.45) is 11.7 Å². The lowest BCUT2D eigenvalue weighted by Gasteiger charge is -2.32. The zero-order valence-electron chi connectivity index (χ0n) is 10.7. The van der Waals surface area contributed by atoms with E-state index in [2.05, 4.69) is 30.4 Å². The molecule has 1 aliphatic heterocycles. The Balaban J connectivity index is 2.33. The van der Waals surface area contributed by atoms with Crippen LogP contribution < -0.4 is 15.8 Å². The number of methoxy groups -OCH3 is 1. The van der Waals surface area contributed by atoms with Crippen LogP contribution in [0.2, 0.25) is 0 Å². The topological polar surface area (TPSA) is 47.3 Å². The Hall–Kier alpha value is -1.06. The average molecular weight is 234 g/mol. The fraction of sp³-hybridized carbons (Fsp3) is 0.571. The first-order valence-corrected chi connectivity index (χ1v) is 6.31. The molecule has 1 aromatic carbocycles. The van der Waals surface area contributed by atoms with E-state index in [1.807, 2.05) is 0 Å². The number of hydrogen-bond acceptors (Lipinski definition) is 3. The van der Waals surface area contributed by atoms with Crippen molar-refractivity contribution in [3.05, 3.63) is 29.3 Å². The highest BCUT2D eigenvalue weighted by Crippen LogP contribution is 2.36. The van der Waals surface area contributed by atoms with Crippen LogP contribution in [0.4, 0.5) is 0 Å². The Kier molecular flexibility index (Phi) is 4.02. The van der Waals surface area contributed by atoms with Crippen LogP contribution in [0.25, 0.3) is 0 Å². The Morgan fingerprint density at radius 1 is 1.47 bits per heavy atom. The highest BCUT2D eigenvalue weighted by molar-refractivity contribution is 5.40. The summed E-state index contributed by atoms with van der Waals surface area (Å²) in [6.07, 6.45) is 1.14. The summed E-state index contributed by atoms with van der Waals surface area (Å²) < 4.78 is 5.49. The van der Waals surface area contributed by atoms with Gasteiger partial charge in [-0.25, -0.2) is 0 Å². The van der Waals surface area contributed by atoms with Gasteiger partial charge >= 0.3 is 0 Å². The monoisotopic (exact) mass is 234 g/mol. The molecular weight excluding hydrogens is 212 g/mol. The van der Waals surface area contributed by atoms with Crippen LogP contribution in [0.1, 0.15) is 23.5 Å². The summed E-state index contributed by atoms with van der Waals surface area (Å²) >= 11 is 0. The third-order valence-electron chi connectivity index (χ3n) is 3.70. The molecule has 94 valence electrons. The van der Waals surface area contributed by atoms with Gasteiger partial charge in [0.2, 0.25) is 0 Å². The van der Waals surface area contributed by atoms with Gasteiger partial charge in [0.05, 0.1) is 7.11 Å².